The number of aromatic nitrogens is 4. The molecule has 0 spiro atoms. The van der Waals surface area contributed by atoms with E-state index < -0.39 is 5.92 Å². The van der Waals surface area contributed by atoms with Gasteiger partial charge in [0.1, 0.15) is 11.5 Å². The van der Waals surface area contributed by atoms with E-state index in [0.29, 0.717) is 24.6 Å². The zero-order valence-electron chi connectivity index (χ0n) is 14.5. The van der Waals surface area contributed by atoms with E-state index in [0.717, 1.165) is 11.4 Å². The Balaban J connectivity index is 1.89. The van der Waals surface area contributed by atoms with E-state index in [4.69, 9.17) is 0 Å². The monoisotopic (exact) mass is 349 g/mol. The van der Waals surface area contributed by atoms with E-state index in [2.05, 4.69) is 20.4 Å². The number of ketones is 1. The number of alkyl halides is 2. The molecular weight excluding hydrogens is 328 g/mol. The normalized spacial score (nSPS) is 17.5. The summed E-state index contributed by atoms with van der Waals surface area (Å²) in [5, 5.41) is 7.51. The van der Waals surface area contributed by atoms with Crippen LogP contribution >= 0.6 is 0 Å². The number of carbonyl (C=O) groups is 1. The molecular formula is C17H21F2N5O. The third kappa shape index (κ3) is 4.00. The van der Waals surface area contributed by atoms with Crippen molar-refractivity contribution in [2.75, 3.05) is 5.32 Å². The zero-order valence-corrected chi connectivity index (χ0v) is 14.5. The molecule has 1 N–H and O–H groups in total. The average molecular weight is 349 g/mol. The summed E-state index contributed by atoms with van der Waals surface area (Å²) in [7, 11) is 0. The number of aryl methyl sites for hydroxylation is 2. The summed E-state index contributed by atoms with van der Waals surface area (Å²) < 4.78 is 28.2. The van der Waals surface area contributed by atoms with E-state index in [-0.39, 0.29) is 30.4 Å². The lowest BCUT2D eigenvalue weighted by Crippen LogP contribution is -2.32. The molecule has 2 aromatic heterocycles. The maximum absolute atomic E-state index is 13.3. The minimum atomic E-state index is -2.58. The second-order valence-electron chi connectivity index (χ2n) is 6.61. The minimum absolute atomic E-state index is 0.0948. The highest BCUT2D eigenvalue weighted by molar-refractivity contribution is 5.92. The number of halogens is 2. The summed E-state index contributed by atoms with van der Waals surface area (Å²) in [5.41, 5.74) is 1.93. The van der Waals surface area contributed by atoms with Gasteiger partial charge in [0.05, 0.1) is 5.69 Å². The maximum atomic E-state index is 13.3. The van der Waals surface area contributed by atoms with Gasteiger partial charge in [-0.3, -0.25) is 4.79 Å². The molecule has 1 fully saturated rings. The van der Waals surface area contributed by atoms with Gasteiger partial charge >= 0.3 is 0 Å². The van der Waals surface area contributed by atoms with Crippen LogP contribution in [0, 0.1) is 13.8 Å². The van der Waals surface area contributed by atoms with Crippen LogP contribution in [0.3, 0.4) is 0 Å². The Morgan fingerprint density at radius 3 is 2.48 bits per heavy atom. The summed E-state index contributed by atoms with van der Waals surface area (Å²) in [6.45, 7) is 5.16. The van der Waals surface area contributed by atoms with Crippen molar-refractivity contribution in [3.63, 3.8) is 0 Å². The van der Waals surface area contributed by atoms with Crippen LogP contribution in [0.5, 0.6) is 0 Å². The van der Waals surface area contributed by atoms with Crippen LogP contribution in [0.2, 0.25) is 0 Å². The quantitative estimate of drug-likeness (QED) is 0.856. The van der Waals surface area contributed by atoms with Crippen LogP contribution in [0.4, 0.5) is 14.6 Å². The summed E-state index contributed by atoms with van der Waals surface area (Å²) in [4.78, 5) is 20.5. The minimum Gasteiger partial charge on any atom is -0.367 e. The Kier molecular flexibility index (Phi) is 4.53. The lowest BCUT2D eigenvalue weighted by atomic mass is 9.92. The Hall–Kier alpha value is -2.38. The standard InChI is InChI=1S/C17H21F2N5O/c1-10-8-11(2)24(23-10)16-21-14(12(3)25)9-15(22-16)20-13-4-6-17(18,19)7-5-13/h8-9,13H,4-7H2,1-3H3,(H,20,21,22). The first kappa shape index (κ1) is 17.4. The van der Waals surface area contributed by atoms with Crippen LogP contribution in [-0.4, -0.2) is 37.5 Å². The SMILES string of the molecule is CC(=O)c1cc(NC2CCC(F)(F)CC2)nc(-n2nc(C)cc2C)n1. The molecule has 1 saturated carbocycles. The molecule has 0 unspecified atom stereocenters. The summed E-state index contributed by atoms with van der Waals surface area (Å²) in [6.07, 6.45) is 0.447. The van der Waals surface area contributed by atoms with Crippen molar-refractivity contribution in [3.05, 3.63) is 29.2 Å². The third-order valence-corrected chi connectivity index (χ3v) is 4.34. The molecule has 25 heavy (non-hydrogen) atoms. The van der Waals surface area contributed by atoms with Gasteiger partial charge in [-0.05, 0) is 32.8 Å². The highest BCUT2D eigenvalue weighted by atomic mass is 19.3. The van der Waals surface area contributed by atoms with E-state index in [9.17, 15) is 13.6 Å². The molecule has 2 heterocycles. The van der Waals surface area contributed by atoms with Crippen LogP contribution < -0.4 is 5.32 Å². The van der Waals surface area contributed by atoms with Crippen LogP contribution in [-0.2, 0) is 0 Å². The van der Waals surface area contributed by atoms with E-state index >= 15 is 0 Å². The van der Waals surface area contributed by atoms with E-state index in [1.807, 2.05) is 19.9 Å². The van der Waals surface area contributed by atoms with Crippen molar-refractivity contribution in [2.24, 2.45) is 0 Å². The Bertz CT molecular complexity index is 792. The second-order valence-corrected chi connectivity index (χ2v) is 6.61. The largest absolute Gasteiger partial charge is 0.367 e. The number of Topliss-reactive ketones (excluding diaryl/α,β-unsaturated/α-hetero) is 1. The van der Waals surface area contributed by atoms with Crippen LogP contribution in [0.25, 0.3) is 5.95 Å². The predicted molar refractivity (Wildman–Crippen MR) is 89.5 cm³/mol. The molecule has 0 saturated heterocycles. The van der Waals surface area contributed by atoms with Gasteiger partial charge in [0.15, 0.2) is 5.78 Å². The van der Waals surface area contributed by atoms with Crippen LogP contribution in [0.15, 0.2) is 12.1 Å². The second kappa shape index (κ2) is 6.50. The molecule has 134 valence electrons. The van der Waals surface area contributed by atoms with Crippen molar-refractivity contribution >= 4 is 11.6 Å². The highest BCUT2D eigenvalue weighted by Crippen LogP contribution is 2.34. The lowest BCUT2D eigenvalue weighted by molar-refractivity contribution is -0.0361. The van der Waals surface area contributed by atoms with Gasteiger partial charge in [-0.1, -0.05) is 0 Å². The van der Waals surface area contributed by atoms with Gasteiger partial charge in [0.2, 0.25) is 5.92 Å². The fourth-order valence-electron chi connectivity index (χ4n) is 3.01. The van der Waals surface area contributed by atoms with Gasteiger partial charge < -0.3 is 5.32 Å². The molecule has 0 bridgehead atoms. The first-order valence-electron chi connectivity index (χ1n) is 8.31. The molecule has 3 rings (SSSR count). The topological polar surface area (TPSA) is 72.7 Å². The fraction of sp³-hybridized carbons (Fsp3) is 0.529. The summed E-state index contributed by atoms with van der Waals surface area (Å²) in [5.74, 6) is -2.02. The van der Waals surface area contributed by atoms with Crippen molar-refractivity contribution < 1.29 is 13.6 Å². The molecule has 8 heteroatoms. The first-order valence-corrected chi connectivity index (χ1v) is 8.31. The average Bonchev–Trinajstić information content (AvgIpc) is 2.88. The smallest absolute Gasteiger partial charge is 0.253 e. The number of rotatable bonds is 4. The van der Waals surface area contributed by atoms with Crippen molar-refractivity contribution in [2.45, 2.75) is 58.4 Å². The van der Waals surface area contributed by atoms with Crippen molar-refractivity contribution in [3.8, 4) is 5.95 Å². The number of hydrogen-bond donors (Lipinski definition) is 1. The Labute approximate surface area is 144 Å². The van der Waals surface area contributed by atoms with Gasteiger partial charge in [0.25, 0.3) is 5.95 Å². The van der Waals surface area contributed by atoms with Gasteiger partial charge in [-0.15, -0.1) is 0 Å². The predicted octanol–water partition coefficient (Wildman–Crippen LogP) is 3.47. The zero-order chi connectivity index (χ0) is 18.2. The van der Waals surface area contributed by atoms with E-state index in [1.54, 1.807) is 10.7 Å². The molecule has 1 aliphatic rings. The lowest BCUT2D eigenvalue weighted by Gasteiger charge is -2.29. The number of anilines is 1. The van der Waals surface area contributed by atoms with E-state index in [1.165, 1.54) is 6.92 Å². The molecule has 6 nitrogen and oxygen atoms in total. The highest BCUT2D eigenvalue weighted by Gasteiger charge is 2.35. The number of hydrogen-bond acceptors (Lipinski definition) is 5. The maximum Gasteiger partial charge on any atom is 0.253 e. The summed E-state index contributed by atoms with van der Waals surface area (Å²) >= 11 is 0. The Morgan fingerprint density at radius 2 is 1.92 bits per heavy atom. The molecule has 0 radical (unpaired) electrons. The number of carbonyl (C=O) groups excluding carboxylic acids is 1. The van der Waals surface area contributed by atoms with Crippen molar-refractivity contribution in [1.29, 1.82) is 0 Å². The van der Waals surface area contributed by atoms with Crippen LogP contribution in [0.1, 0.15) is 54.5 Å². The summed E-state index contributed by atoms with van der Waals surface area (Å²) in [6, 6.07) is 3.35. The van der Waals surface area contributed by atoms with Crippen molar-refractivity contribution in [1.82, 2.24) is 19.7 Å². The third-order valence-electron chi connectivity index (χ3n) is 4.34. The molecule has 0 aliphatic heterocycles. The number of nitrogens with one attached hydrogen (secondary N) is 1. The molecule has 1 aliphatic carbocycles. The molecule has 0 aromatic carbocycles. The first-order chi connectivity index (χ1) is 11.7. The number of nitrogens with zero attached hydrogens (tertiary/aromatic N) is 4. The fourth-order valence-corrected chi connectivity index (χ4v) is 3.01. The van der Waals surface area contributed by atoms with Gasteiger partial charge in [-0.25, -0.2) is 18.4 Å². The molecule has 0 atom stereocenters. The molecule has 0 amide bonds. The molecule has 2 aromatic rings. The van der Waals surface area contributed by atoms with Gasteiger partial charge in [-0.2, -0.15) is 10.1 Å². The van der Waals surface area contributed by atoms with Gasteiger partial charge in [0, 0.05) is 37.6 Å². The Morgan fingerprint density at radius 1 is 1.24 bits per heavy atom.